The number of benzene rings is 5. The number of rotatable bonds is 7. The molecule has 0 bridgehead atoms. The minimum Gasteiger partial charge on any atom is -0.358 e. The number of anilines is 1. The second kappa shape index (κ2) is 17.0. The summed E-state index contributed by atoms with van der Waals surface area (Å²) < 4.78 is 1.25. The van der Waals surface area contributed by atoms with Crippen LogP contribution in [0.3, 0.4) is 0 Å². The van der Waals surface area contributed by atoms with Gasteiger partial charge in [-0.1, -0.05) is 146 Å². The first kappa shape index (κ1) is 36.6. The Morgan fingerprint density at radius 1 is 0.804 bits per heavy atom. The molecule has 1 aliphatic heterocycles. The Balaban J connectivity index is 1.26. The van der Waals surface area contributed by atoms with Gasteiger partial charge in [-0.3, -0.25) is 9.98 Å². The van der Waals surface area contributed by atoms with Crippen molar-refractivity contribution in [3.8, 4) is 11.1 Å². The number of thiophene rings is 1. The Kier molecular flexibility index (Phi) is 11.1. The van der Waals surface area contributed by atoms with Crippen LogP contribution in [0.25, 0.3) is 44.5 Å². The van der Waals surface area contributed by atoms with Gasteiger partial charge in [0.05, 0.1) is 16.3 Å². The molecule has 0 saturated heterocycles. The summed E-state index contributed by atoms with van der Waals surface area (Å²) in [5.41, 5.74) is 15.0. The number of hydrogen-bond donors (Lipinski definition) is 1. The fourth-order valence-corrected chi connectivity index (χ4v) is 8.69. The van der Waals surface area contributed by atoms with Crippen LogP contribution >= 0.6 is 11.3 Å². The van der Waals surface area contributed by atoms with Crippen molar-refractivity contribution >= 4 is 62.3 Å². The Morgan fingerprint density at radius 3 is 2.45 bits per heavy atom. The molecule has 0 spiro atoms. The van der Waals surface area contributed by atoms with E-state index >= 15 is 0 Å². The summed E-state index contributed by atoms with van der Waals surface area (Å²) in [5.74, 6) is 0. The molecular weight excluding hydrogens is 699 g/mol. The first-order valence-corrected chi connectivity index (χ1v) is 20.1. The molecule has 0 radical (unpaired) electrons. The highest BCUT2D eigenvalue weighted by Gasteiger charge is 2.27. The first-order chi connectivity index (χ1) is 27.6. The van der Waals surface area contributed by atoms with E-state index in [1.165, 1.54) is 31.7 Å². The third-order valence-corrected chi connectivity index (χ3v) is 11.6. The Labute approximate surface area is 334 Å². The van der Waals surface area contributed by atoms with Crippen molar-refractivity contribution in [2.24, 2.45) is 9.98 Å². The standard InChI is InChI=1S/C52H45N3S/c1-36-17-9-10-18-37(2)46(26-16-23-40-20-11-12-24-45(36)40)43-33-42(39-30-28-38(29-31-39)19-6-5-15-32-53-3)34-44(35-43)52-54-49(41-21-7-4-8-22-41)51-50(55-52)47-25-13-14-27-48(47)56-51/h4-8,11-17,19-35,52,55H,2,9-10,18H2,1,3H3/b15-5-,19-6+,23-16+,36-17+,46-26+,53-32?. The monoisotopic (exact) mass is 743 g/mol. The van der Waals surface area contributed by atoms with Crippen molar-refractivity contribution in [2.75, 3.05) is 12.4 Å². The summed E-state index contributed by atoms with van der Waals surface area (Å²) in [4.78, 5) is 10.7. The van der Waals surface area contributed by atoms with Crippen molar-refractivity contribution in [3.05, 3.63) is 208 Å². The summed E-state index contributed by atoms with van der Waals surface area (Å²) in [6.45, 7) is 6.91. The van der Waals surface area contributed by atoms with Gasteiger partial charge in [-0.05, 0) is 112 Å². The maximum atomic E-state index is 5.51. The molecule has 5 aromatic carbocycles. The number of hydrogen-bond acceptors (Lipinski definition) is 4. The van der Waals surface area contributed by atoms with E-state index in [9.17, 15) is 0 Å². The van der Waals surface area contributed by atoms with Crippen LogP contribution < -0.4 is 5.32 Å². The maximum Gasteiger partial charge on any atom is 0.145 e. The number of nitrogens with zero attached hydrogens (tertiary/aromatic N) is 2. The largest absolute Gasteiger partial charge is 0.358 e. The molecule has 8 rings (SSSR count). The van der Waals surface area contributed by atoms with Crippen molar-refractivity contribution in [2.45, 2.75) is 32.4 Å². The van der Waals surface area contributed by atoms with Crippen molar-refractivity contribution < 1.29 is 0 Å². The molecule has 1 aliphatic carbocycles. The second-order valence-corrected chi connectivity index (χ2v) is 15.3. The van der Waals surface area contributed by atoms with Crippen LogP contribution in [0.15, 0.2) is 180 Å². The first-order valence-electron chi connectivity index (χ1n) is 19.3. The minimum absolute atomic E-state index is 0.300. The molecule has 1 unspecified atom stereocenters. The second-order valence-electron chi connectivity index (χ2n) is 14.2. The van der Waals surface area contributed by atoms with Crippen molar-refractivity contribution in [3.63, 3.8) is 0 Å². The molecule has 56 heavy (non-hydrogen) atoms. The van der Waals surface area contributed by atoms with Gasteiger partial charge in [0.25, 0.3) is 0 Å². The number of nitrogens with one attached hydrogen (secondary N) is 1. The summed E-state index contributed by atoms with van der Waals surface area (Å²) in [6, 6.07) is 43.7. The molecule has 1 atom stereocenters. The van der Waals surface area contributed by atoms with Gasteiger partial charge in [-0.15, -0.1) is 11.3 Å². The molecule has 1 aromatic heterocycles. The molecule has 0 amide bonds. The molecule has 2 heterocycles. The number of allylic oxidation sites excluding steroid dienone is 9. The van der Waals surface area contributed by atoms with Crippen LogP contribution in [0.4, 0.5) is 5.69 Å². The highest BCUT2D eigenvalue weighted by molar-refractivity contribution is 7.22. The lowest BCUT2D eigenvalue weighted by atomic mass is 9.89. The van der Waals surface area contributed by atoms with Crippen LogP contribution in [0.2, 0.25) is 0 Å². The van der Waals surface area contributed by atoms with Gasteiger partial charge < -0.3 is 5.32 Å². The molecule has 3 nitrogen and oxygen atoms in total. The van der Waals surface area contributed by atoms with E-state index < -0.39 is 0 Å². The van der Waals surface area contributed by atoms with Gasteiger partial charge in [-0.2, -0.15) is 0 Å². The highest BCUT2D eigenvalue weighted by atomic mass is 32.1. The normalized spacial score (nSPS) is 18.6. The Hall–Kier alpha value is -6.36. The third-order valence-electron chi connectivity index (χ3n) is 10.4. The summed E-state index contributed by atoms with van der Waals surface area (Å²) in [5, 5.41) is 5.13. The van der Waals surface area contributed by atoms with Crippen LogP contribution in [0.1, 0.15) is 70.6 Å². The summed E-state index contributed by atoms with van der Waals surface area (Å²) in [6.07, 6.45) is 21.6. The Bertz CT molecular complexity index is 2610. The fraction of sp³-hybridized carbons (Fsp3) is 0.115. The molecule has 2 aliphatic rings. The zero-order valence-electron chi connectivity index (χ0n) is 32.0. The van der Waals surface area contributed by atoms with Gasteiger partial charge in [0.15, 0.2) is 0 Å². The Morgan fingerprint density at radius 2 is 1.59 bits per heavy atom. The van der Waals surface area contributed by atoms with E-state index in [1.54, 1.807) is 24.6 Å². The number of fused-ring (bicyclic) bond motifs is 4. The quantitative estimate of drug-likeness (QED) is 0.128. The number of aliphatic imine (C=N–C) groups is 2. The van der Waals surface area contributed by atoms with E-state index in [-0.39, 0.29) is 6.17 Å². The smallest absolute Gasteiger partial charge is 0.145 e. The maximum absolute atomic E-state index is 5.51. The topological polar surface area (TPSA) is 36.8 Å². The lowest BCUT2D eigenvalue weighted by Crippen LogP contribution is -2.19. The highest BCUT2D eigenvalue weighted by Crippen LogP contribution is 2.44. The van der Waals surface area contributed by atoms with E-state index in [4.69, 9.17) is 4.99 Å². The zero-order valence-corrected chi connectivity index (χ0v) is 32.8. The summed E-state index contributed by atoms with van der Waals surface area (Å²) in [7, 11) is 1.77. The summed E-state index contributed by atoms with van der Waals surface area (Å²) >= 11 is 1.80. The molecule has 0 fully saturated rings. The fourth-order valence-electron chi connectivity index (χ4n) is 7.50. The molecule has 6 aromatic rings. The molecule has 274 valence electrons. The van der Waals surface area contributed by atoms with Crippen molar-refractivity contribution in [1.29, 1.82) is 0 Å². The van der Waals surface area contributed by atoms with Crippen LogP contribution in [0, 0.1) is 0 Å². The van der Waals surface area contributed by atoms with Crippen molar-refractivity contribution in [1.82, 2.24) is 0 Å². The van der Waals surface area contributed by atoms with E-state index in [0.29, 0.717) is 0 Å². The zero-order chi connectivity index (χ0) is 38.3. The SMILES string of the molecule is C=C1CCC/C=C(\C)c2ccccc2/C=C/C=C\1c1cc(-c2ccc(/C=C/C=C\C=NC)cc2)cc(C2N=C(c3ccccc3)c3sc4ccccc4c3N2)c1. The van der Waals surface area contributed by atoms with Crippen LogP contribution in [0.5, 0.6) is 0 Å². The average Bonchev–Trinajstić information content (AvgIpc) is 3.62. The molecule has 0 saturated carbocycles. The molecule has 4 heteroatoms. The average molecular weight is 744 g/mol. The van der Waals surface area contributed by atoms with Gasteiger partial charge >= 0.3 is 0 Å². The predicted molar refractivity (Wildman–Crippen MR) is 245 cm³/mol. The van der Waals surface area contributed by atoms with Gasteiger partial charge in [0.1, 0.15) is 6.17 Å². The van der Waals surface area contributed by atoms with E-state index in [1.807, 2.05) is 18.2 Å². The van der Waals surface area contributed by atoms with Crippen LogP contribution in [-0.4, -0.2) is 19.0 Å². The lowest BCUT2D eigenvalue weighted by Gasteiger charge is -2.26. The van der Waals surface area contributed by atoms with Gasteiger partial charge in [0.2, 0.25) is 0 Å². The third kappa shape index (κ3) is 8.02. The van der Waals surface area contributed by atoms with Gasteiger partial charge in [0, 0.05) is 28.9 Å². The van der Waals surface area contributed by atoms with Gasteiger partial charge in [-0.25, -0.2) is 0 Å². The molecular formula is C52H45N3S. The molecule has 1 N–H and O–H groups in total. The van der Waals surface area contributed by atoms with E-state index in [2.05, 4.69) is 176 Å². The van der Waals surface area contributed by atoms with Crippen LogP contribution in [-0.2, 0) is 0 Å². The predicted octanol–water partition coefficient (Wildman–Crippen LogP) is 14.0. The lowest BCUT2D eigenvalue weighted by molar-refractivity contribution is 0.831. The van der Waals surface area contributed by atoms with E-state index in [0.717, 1.165) is 75.2 Å². The minimum atomic E-state index is -0.300.